The van der Waals surface area contributed by atoms with Gasteiger partial charge in [0.15, 0.2) is 11.5 Å². The van der Waals surface area contributed by atoms with E-state index in [1.165, 1.54) is 18.7 Å². The largest absolute Gasteiger partial charge is 0.494 e. The first-order valence-corrected chi connectivity index (χ1v) is 10.8. The van der Waals surface area contributed by atoms with Crippen LogP contribution in [0.15, 0.2) is 59.4 Å². The highest BCUT2D eigenvalue weighted by Crippen LogP contribution is 2.40. The predicted octanol–water partition coefficient (Wildman–Crippen LogP) is 3.26. The smallest absolute Gasteiger partial charge is 0.323 e. The van der Waals surface area contributed by atoms with E-state index in [0.29, 0.717) is 21.2 Å². The number of aliphatic carboxylic acids is 1. The van der Waals surface area contributed by atoms with Crippen molar-refractivity contribution in [2.24, 2.45) is 0 Å². The number of carboxylic acids is 1. The molecule has 4 aromatic rings. The lowest BCUT2D eigenvalue weighted by Crippen LogP contribution is -2.31. The number of thiophene rings is 1. The first-order chi connectivity index (χ1) is 15.8. The van der Waals surface area contributed by atoms with E-state index in [9.17, 15) is 19.2 Å². The number of rotatable bonds is 7. The number of carbonyl (C=O) groups excluding carboxylic acids is 2. The highest BCUT2D eigenvalue weighted by molar-refractivity contribution is 7.22. The van der Waals surface area contributed by atoms with Crippen molar-refractivity contribution in [3.05, 3.63) is 75.4 Å². The number of Topliss-reactive ketones (excluding diaryl/α,β-unsaturated/α-hetero) is 1. The molecule has 0 radical (unpaired) electrons. The van der Waals surface area contributed by atoms with Gasteiger partial charge in [-0.05, 0) is 6.07 Å². The van der Waals surface area contributed by atoms with E-state index in [1.54, 1.807) is 48.5 Å². The third kappa shape index (κ3) is 3.98. The Morgan fingerprint density at radius 1 is 1.06 bits per heavy atom. The summed E-state index contributed by atoms with van der Waals surface area (Å²) in [6.07, 6.45) is 0. The highest BCUT2D eigenvalue weighted by atomic mass is 32.1. The van der Waals surface area contributed by atoms with Crippen LogP contribution in [0.2, 0.25) is 0 Å². The van der Waals surface area contributed by atoms with Crippen LogP contribution in [0.25, 0.3) is 21.0 Å². The lowest BCUT2D eigenvalue weighted by atomic mass is 10.1. The SMILES string of the molecule is COc1c(C(=O)N(C)CC(=O)O)sc2c1c(=O)n(CC(=O)c1ccccc1)c1ccccc21. The van der Waals surface area contributed by atoms with Gasteiger partial charge < -0.3 is 14.7 Å². The van der Waals surface area contributed by atoms with E-state index in [2.05, 4.69) is 0 Å². The molecule has 0 spiro atoms. The normalized spacial score (nSPS) is 11.0. The van der Waals surface area contributed by atoms with Crippen molar-refractivity contribution in [2.45, 2.75) is 6.54 Å². The summed E-state index contributed by atoms with van der Waals surface area (Å²) in [6.45, 7) is -0.673. The number of benzene rings is 2. The molecule has 2 aromatic heterocycles. The van der Waals surface area contributed by atoms with Crippen molar-refractivity contribution >= 4 is 50.0 Å². The van der Waals surface area contributed by atoms with E-state index in [-0.39, 0.29) is 28.3 Å². The number of amides is 1. The zero-order valence-corrected chi connectivity index (χ0v) is 18.7. The maximum absolute atomic E-state index is 13.6. The molecular formula is C24H20N2O6S. The fourth-order valence-electron chi connectivity index (χ4n) is 3.74. The van der Waals surface area contributed by atoms with Gasteiger partial charge >= 0.3 is 5.97 Å². The second kappa shape index (κ2) is 8.87. The van der Waals surface area contributed by atoms with Gasteiger partial charge in [0.1, 0.15) is 16.8 Å². The number of aromatic nitrogens is 1. The van der Waals surface area contributed by atoms with E-state index >= 15 is 0 Å². The lowest BCUT2D eigenvalue weighted by Gasteiger charge is -2.14. The molecule has 8 nitrogen and oxygen atoms in total. The molecule has 4 rings (SSSR count). The average molecular weight is 464 g/mol. The van der Waals surface area contributed by atoms with Crippen molar-refractivity contribution in [2.75, 3.05) is 20.7 Å². The number of nitrogens with zero attached hydrogens (tertiary/aromatic N) is 2. The van der Waals surface area contributed by atoms with Crippen molar-refractivity contribution in [1.29, 1.82) is 0 Å². The van der Waals surface area contributed by atoms with Gasteiger partial charge in [-0.2, -0.15) is 0 Å². The molecular weight excluding hydrogens is 444 g/mol. The number of hydrogen-bond donors (Lipinski definition) is 1. The number of pyridine rings is 1. The summed E-state index contributed by atoms with van der Waals surface area (Å²) in [6, 6.07) is 15.8. The van der Waals surface area contributed by atoms with Gasteiger partial charge in [-0.25, -0.2) is 0 Å². The third-order valence-corrected chi connectivity index (χ3v) is 6.47. The number of ether oxygens (including phenoxy) is 1. The van der Waals surface area contributed by atoms with E-state index in [0.717, 1.165) is 16.2 Å². The average Bonchev–Trinajstić information content (AvgIpc) is 3.21. The molecule has 0 aliphatic carbocycles. The number of methoxy groups -OCH3 is 1. The number of ketones is 1. The molecule has 33 heavy (non-hydrogen) atoms. The lowest BCUT2D eigenvalue weighted by molar-refractivity contribution is -0.137. The number of fused-ring (bicyclic) bond motifs is 3. The van der Waals surface area contributed by atoms with Crippen molar-refractivity contribution < 1.29 is 24.2 Å². The maximum Gasteiger partial charge on any atom is 0.323 e. The Kier molecular flexibility index (Phi) is 5.97. The summed E-state index contributed by atoms with van der Waals surface area (Å²) in [4.78, 5) is 51.7. The molecule has 0 atom stereocenters. The molecule has 1 amide bonds. The molecule has 0 bridgehead atoms. The quantitative estimate of drug-likeness (QED) is 0.421. The Labute approximate surface area is 192 Å². The van der Waals surface area contributed by atoms with Crippen molar-refractivity contribution in [3.8, 4) is 5.75 Å². The van der Waals surface area contributed by atoms with Gasteiger partial charge in [0, 0.05) is 18.0 Å². The minimum absolute atomic E-state index is 0.0777. The van der Waals surface area contributed by atoms with Crippen LogP contribution in [0.5, 0.6) is 5.75 Å². The summed E-state index contributed by atoms with van der Waals surface area (Å²) >= 11 is 1.07. The number of hydrogen-bond acceptors (Lipinski definition) is 6. The molecule has 168 valence electrons. The van der Waals surface area contributed by atoms with E-state index in [4.69, 9.17) is 9.84 Å². The summed E-state index contributed by atoms with van der Waals surface area (Å²) in [7, 11) is 2.72. The zero-order valence-electron chi connectivity index (χ0n) is 17.9. The number of likely N-dealkylation sites (N-methyl/N-ethyl adjacent to an activating group) is 1. The van der Waals surface area contributed by atoms with Crippen molar-refractivity contribution in [3.63, 3.8) is 0 Å². The van der Waals surface area contributed by atoms with Crippen LogP contribution < -0.4 is 10.3 Å². The van der Waals surface area contributed by atoms with Gasteiger partial charge in [-0.1, -0.05) is 48.5 Å². The van der Waals surface area contributed by atoms with Crippen LogP contribution >= 0.6 is 11.3 Å². The molecule has 0 aliphatic heterocycles. The number of carbonyl (C=O) groups is 3. The van der Waals surface area contributed by atoms with Crippen LogP contribution in [-0.2, 0) is 11.3 Å². The summed E-state index contributed by atoms with van der Waals surface area (Å²) < 4.78 is 7.40. The molecule has 2 aromatic carbocycles. The third-order valence-electron chi connectivity index (χ3n) is 5.28. The van der Waals surface area contributed by atoms with Crippen LogP contribution in [0, 0.1) is 0 Å². The van der Waals surface area contributed by atoms with Crippen LogP contribution in [0.1, 0.15) is 20.0 Å². The molecule has 0 unspecified atom stereocenters. The minimum Gasteiger partial charge on any atom is -0.494 e. The van der Waals surface area contributed by atoms with Crippen LogP contribution in [0.4, 0.5) is 0 Å². The van der Waals surface area contributed by atoms with Crippen LogP contribution in [-0.4, -0.2) is 52.9 Å². The predicted molar refractivity (Wildman–Crippen MR) is 126 cm³/mol. The van der Waals surface area contributed by atoms with Gasteiger partial charge in [0.25, 0.3) is 11.5 Å². The monoisotopic (exact) mass is 464 g/mol. The van der Waals surface area contributed by atoms with Crippen molar-refractivity contribution in [1.82, 2.24) is 9.47 Å². The Morgan fingerprint density at radius 3 is 2.39 bits per heavy atom. The van der Waals surface area contributed by atoms with Crippen LogP contribution in [0.3, 0.4) is 0 Å². The molecule has 0 saturated carbocycles. The number of carboxylic acid groups (broad SMARTS) is 1. The molecule has 2 heterocycles. The van der Waals surface area contributed by atoms with Gasteiger partial charge in [-0.3, -0.25) is 23.7 Å². The highest BCUT2D eigenvalue weighted by Gasteiger charge is 2.27. The Hall–Kier alpha value is -3.98. The molecule has 0 fully saturated rings. The Balaban J connectivity index is 1.94. The fraction of sp³-hybridized carbons (Fsp3) is 0.167. The maximum atomic E-state index is 13.6. The summed E-state index contributed by atoms with van der Waals surface area (Å²) in [5.74, 6) is -1.87. The zero-order chi connectivity index (χ0) is 23.7. The van der Waals surface area contributed by atoms with Gasteiger partial charge in [0.05, 0.1) is 23.9 Å². The first kappa shape index (κ1) is 22.2. The summed E-state index contributed by atoms with van der Waals surface area (Å²) in [5, 5.41) is 9.92. The molecule has 0 saturated heterocycles. The molecule has 0 aliphatic rings. The fourth-order valence-corrected chi connectivity index (χ4v) is 5.03. The number of para-hydroxylation sites is 1. The first-order valence-electron chi connectivity index (χ1n) is 10.0. The van der Waals surface area contributed by atoms with E-state index < -0.39 is 24.0 Å². The molecule has 1 N–H and O–H groups in total. The Bertz CT molecular complexity index is 1450. The standard InChI is InChI=1S/C24H20N2O6S/c1-25(13-18(28)29)24(31)22-20(32-2)19-21(33-22)15-10-6-7-11-16(15)26(23(19)30)12-17(27)14-8-4-3-5-9-14/h3-11H,12-13H2,1-2H3,(H,28,29). The second-order valence-corrected chi connectivity index (χ2v) is 8.44. The topological polar surface area (TPSA) is 106 Å². The second-order valence-electron chi connectivity index (χ2n) is 7.42. The van der Waals surface area contributed by atoms with E-state index in [1.807, 2.05) is 6.07 Å². The summed E-state index contributed by atoms with van der Waals surface area (Å²) in [5.41, 5.74) is 0.583. The molecule has 9 heteroatoms. The van der Waals surface area contributed by atoms with Gasteiger partial charge in [-0.15, -0.1) is 11.3 Å². The minimum atomic E-state index is -1.15. The van der Waals surface area contributed by atoms with Gasteiger partial charge in [0.2, 0.25) is 0 Å². The Morgan fingerprint density at radius 2 is 1.73 bits per heavy atom.